The molecule has 2 aromatic heterocycles. The zero-order chi connectivity index (χ0) is 15.9. The lowest BCUT2D eigenvalue weighted by Gasteiger charge is -2.23. The van der Waals surface area contributed by atoms with Crippen molar-refractivity contribution >= 4 is 33.5 Å². The molecule has 0 spiro atoms. The molecular formula is C14H22ClN5O2S. The minimum absolute atomic E-state index is 0. The third-order valence-electron chi connectivity index (χ3n) is 4.21. The first-order valence-corrected chi connectivity index (χ1v) is 8.85. The molecule has 0 amide bonds. The van der Waals surface area contributed by atoms with Gasteiger partial charge in [-0.25, -0.2) is 13.4 Å². The maximum absolute atomic E-state index is 12.9. The van der Waals surface area contributed by atoms with Crippen LogP contribution < -0.4 is 5.32 Å². The summed E-state index contributed by atoms with van der Waals surface area (Å²) in [5, 5.41) is 8.15. The average Bonchev–Trinajstić information content (AvgIpc) is 3.05. The van der Waals surface area contributed by atoms with Crippen molar-refractivity contribution in [2.24, 2.45) is 7.05 Å². The number of pyridine rings is 1. The number of hydrogen-bond acceptors (Lipinski definition) is 5. The van der Waals surface area contributed by atoms with E-state index in [1.807, 2.05) is 14.0 Å². The fourth-order valence-corrected chi connectivity index (χ4v) is 4.80. The van der Waals surface area contributed by atoms with Crippen LogP contribution in [0.2, 0.25) is 0 Å². The van der Waals surface area contributed by atoms with E-state index in [0.29, 0.717) is 18.7 Å². The summed E-state index contributed by atoms with van der Waals surface area (Å²) in [6.45, 7) is 3.10. The van der Waals surface area contributed by atoms with Crippen molar-refractivity contribution in [3.05, 3.63) is 18.0 Å². The summed E-state index contributed by atoms with van der Waals surface area (Å²) in [4.78, 5) is 4.54. The molecule has 1 saturated heterocycles. The zero-order valence-electron chi connectivity index (χ0n) is 13.5. The molecule has 128 valence electrons. The van der Waals surface area contributed by atoms with E-state index in [4.69, 9.17) is 0 Å². The fourth-order valence-electron chi connectivity index (χ4n) is 3.13. The summed E-state index contributed by atoms with van der Waals surface area (Å²) in [7, 11) is 0.133. The summed E-state index contributed by atoms with van der Waals surface area (Å²) < 4.78 is 29.1. The van der Waals surface area contributed by atoms with Gasteiger partial charge in [0, 0.05) is 37.8 Å². The molecule has 0 saturated carbocycles. The fraction of sp³-hybridized carbons (Fsp3) is 0.571. The molecule has 0 bridgehead atoms. The summed E-state index contributed by atoms with van der Waals surface area (Å²) in [5.74, 6) is 0. The molecule has 3 rings (SSSR count). The third-order valence-corrected chi connectivity index (χ3v) is 6.12. The number of halogens is 1. The molecule has 0 radical (unpaired) electrons. The molecule has 23 heavy (non-hydrogen) atoms. The minimum atomic E-state index is -3.52. The number of hydrogen-bond donors (Lipinski definition) is 1. The second kappa shape index (κ2) is 6.72. The van der Waals surface area contributed by atoms with Gasteiger partial charge in [-0.3, -0.25) is 4.68 Å². The van der Waals surface area contributed by atoms with Crippen LogP contribution >= 0.6 is 12.4 Å². The SMILES string of the molecule is CNCC1CCCN1S(=O)(=O)c1cnc2c(c1)c(C)nn2C.Cl. The third kappa shape index (κ3) is 3.08. The lowest BCUT2D eigenvalue weighted by molar-refractivity contribution is 0.379. The molecule has 0 aliphatic carbocycles. The molecular weight excluding hydrogens is 338 g/mol. The molecule has 7 nitrogen and oxygen atoms in total. The van der Waals surface area contributed by atoms with Gasteiger partial charge in [0.25, 0.3) is 0 Å². The summed E-state index contributed by atoms with van der Waals surface area (Å²) >= 11 is 0. The van der Waals surface area contributed by atoms with Crippen molar-refractivity contribution in [3.63, 3.8) is 0 Å². The van der Waals surface area contributed by atoms with Crippen LogP contribution in [0.25, 0.3) is 11.0 Å². The molecule has 1 aliphatic heterocycles. The number of nitrogens with zero attached hydrogens (tertiary/aromatic N) is 4. The van der Waals surface area contributed by atoms with Crippen molar-refractivity contribution < 1.29 is 8.42 Å². The second-order valence-corrected chi connectivity index (χ2v) is 7.61. The van der Waals surface area contributed by atoms with Crippen molar-refractivity contribution in [1.82, 2.24) is 24.4 Å². The van der Waals surface area contributed by atoms with E-state index in [9.17, 15) is 8.42 Å². The number of aromatic nitrogens is 3. The molecule has 1 unspecified atom stereocenters. The van der Waals surface area contributed by atoms with Gasteiger partial charge < -0.3 is 5.32 Å². The van der Waals surface area contributed by atoms with Gasteiger partial charge in [-0.2, -0.15) is 9.40 Å². The van der Waals surface area contributed by atoms with E-state index in [1.54, 1.807) is 22.1 Å². The van der Waals surface area contributed by atoms with Gasteiger partial charge in [-0.05, 0) is 32.9 Å². The number of likely N-dealkylation sites (N-methyl/N-ethyl adjacent to an activating group) is 1. The number of rotatable bonds is 4. The van der Waals surface area contributed by atoms with E-state index < -0.39 is 10.0 Å². The molecule has 9 heteroatoms. The van der Waals surface area contributed by atoms with Crippen LogP contribution in [-0.2, 0) is 17.1 Å². The summed E-state index contributed by atoms with van der Waals surface area (Å²) in [6, 6.07) is 1.70. The van der Waals surface area contributed by atoms with Crippen LogP contribution in [0.5, 0.6) is 0 Å². The lowest BCUT2D eigenvalue weighted by Crippen LogP contribution is -2.40. The van der Waals surface area contributed by atoms with Crippen LogP contribution in [0.15, 0.2) is 17.2 Å². The average molecular weight is 360 g/mol. The Morgan fingerprint density at radius 3 is 2.87 bits per heavy atom. The monoisotopic (exact) mass is 359 g/mol. The van der Waals surface area contributed by atoms with Gasteiger partial charge in [-0.1, -0.05) is 0 Å². The van der Waals surface area contributed by atoms with Crippen molar-refractivity contribution in [2.45, 2.75) is 30.7 Å². The van der Waals surface area contributed by atoms with E-state index in [2.05, 4.69) is 15.4 Å². The van der Waals surface area contributed by atoms with E-state index in [1.165, 1.54) is 6.20 Å². The van der Waals surface area contributed by atoms with E-state index in [0.717, 1.165) is 23.9 Å². The van der Waals surface area contributed by atoms with Gasteiger partial charge in [0.05, 0.1) is 5.69 Å². The van der Waals surface area contributed by atoms with Gasteiger partial charge in [0.15, 0.2) is 5.65 Å². The Labute approximate surface area is 142 Å². The minimum Gasteiger partial charge on any atom is -0.318 e. The molecule has 1 aliphatic rings. The van der Waals surface area contributed by atoms with Crippen LogP contribution in [0.1, 0.15) is 18.5 Å². The summed E-state index contributed by atoms with van der Waals surface area (Å²) in [5.41, 5.74) is 1.49. The molecule has 3 heterocycles. The Kier molecular flexibility index (Phi) is 5.30. The van der Waals surface area contributed by atoms with Gasteiger partial charge in [-0.15, -0.1) is 12.4 Å². The Morgan fingerprint density at radius 2 is 2.17 bits per heavy atom. The predicted molar refractivity (Wildman–Crippen MR) is 91.3 cm³/mol. The van der Waals surface area contributed by atoms with Crippen LogP contribution in [0, 0.1) is 6.92 Å². The van der Waals surface area contributed by atoms with Crippen molar-refractivity contribution in [3.8, 4) is 0 Å². The van der Waals surface area contributed by atoms with E-state index in [-0.39, 0.29) is 23.3 Å². The first-order valence-electron chi connectivity index (χ1n) is 7.41. The predicted octanol–water partition coefficient (Wildman–Crippen LogP) is 1.07. The quantitative estimate of drug-likeness (QED) is 0.883. The number of fused-ring (bicyclic) bond motifs is 1. The van der Waals surface area contributed by atoms with Crippen molar-refractivity contribution in [1.29, 1.82) is 0 Å². The highest BCUT2D eigenvalue weighted by molar-refractivity contribution is 7.89. The highest BCUT2D eigenvalue weighted by Gasteiger charge is 2.35. The molecule has 1 fully saturated rings. The Balaban J connectivity index is 0.00000192. The Bertz CT molecular complexity index is 805. The first-order chi connectivity index (χ1) is 10.4. The highest BCUT2D eigenvalue weighted by Crippen LogP contribution is 2.27. The number of aryl methyl sites for hydroxylation is 2. The Hall–Kier alpha value is -1.22. The van der Waals surface area contributed by atoms with Crippen molar-refractivity contribution in [2.75, 3.05) is 20.1 Å². The highest BCUT2D eigenvalue weighted by atomic mass is 35.5. The van der Waals surface area contributed by atoms with Gasteiger partial charge >= 0.3 is 0 Å². The molecule has 1 N–H and O–H groups in total. The second-order valence-electron chi connectivity index (χ2n) is 5.72. The standard InChI is InChI=1S/C14H21N5O2S.ClH/c1-10-13-7-12(9-16-14(13)18(3)17-10)22(20,21)19-6-4-5-11(19)8-15-2;/h7,9,11,15H,4-6,8H2,1-3H3;1H. The van der Waals surface area contributed by atoms with Crippen LogP contribution in [0.3, 0.4) is 0 Å². The van der Waals surface area contributed by atoms with E-state index >= 15 is 0 Å². The normalized spacial score (nSPS) is 19.2. The van der Waals surface area contributed by atoms with Gasteiger partial charge in [0.1, 0.15) is 4.90 Å². The lowest BCUT2D eigenvalue weighted by atomic mass is 10.2. The smallest absolute Gasteiger partial charge is 0.244 e. The maximum Gasteiger partial charge on any atom is 0.244 e. The Morgan fingerprint density at radius 1 is 1.43 bits per heavy atom. The first kappa shape index (κ1) is 18.1. The molecule has 1 atom stereocenters. The number of sulfonamides is 1. The topological polar surface area (TPSA) is 80.1 Å². The number of nitrogens with one attached hydrogen (secondary N) is 1. The molecule has 2 aromatic rings. The largest absolute Gasteiger partial charge is 0.318 e. The van der Waals surface area contributed by atoms with Crippen LogP contribution in [0.4, 0.5) is 0 Å². The zero-order valence-corrected chi connectivity index (χ0v) is 15.1. The van der Waals surface area contributed by atoms with Gasteiger partial charge in [0.2, 0.25) is 10.0 Å². The maximum atomic E-state index is 12.9. The molecule has 0 aromatic carbocycles. The summed E-state index contributed by atoms with van der Waals surface area (Å²) in [6.07, 6.45) is 3.22. The van der Waals surface area contributed by atoms with Crippen LogP contribution in [-0.4, -0.2) is 53.7 Å².